The smallest absolute Gasteiger partial charge is 0.306 e. The highest BCUT2D eigenvalue weighted by molar-refractivity contribution is 7.85. The summed E-state index contributed by atoms with van der Waals surface area (Å²) in [6.45, 7) is 5.23. The summed E-state index contributed by atoms with van der Waals surface area (Å²) in [6.07, 6.45) is 37.2. The summed E-state index contributed by atoms with van der Waals surface area (Å²) in [4.78, 5) is 25.4. The fourth-order valence-corrected chi connectivity index (χ4v) is 7.68. The molecule has 358 valence electrons. The average Bonchev–Trinajstić information content (AvgIpc) is 3.24. The summed E-state index contributed by atoms with van der Waals surface area (Å²) in [5.41, 5.74) is 0. The van der Waals surface area contributed by atoms with Crippen LogP contribution in [0.25, 0.3) is 0 Å². The first-order valence-corrected chi connectivity index (χ1v) is 25.4. The van der Waals surface area contributed by atoms with Gasteiger partial charge in [0.15, 0.2) is 12.4 Å². The van der Waals surface area contributed by atoms with Crippen LogP contribution in [0.5, 0.6) is 0 Å². The van der Waals surface area contributed by atoms with E-state index in [1.165, 1.54) is 77.0 Å². The Morgan fingerprint density at radius 2 is 1.05 bits per heavy atom. The van der Waals surface area contributed by atoms with Gasteiger partial charge in [0, 0.05) is 12.8 Å². The third kappa shape index (κ3) is 32.9. The highest BCUT2D eigenvalue weighted by Gasteiger charge is 2.46. The molecule has 12 nitrogen and oxygen atoms in total. The number of esters is 2. The van der Waals surface area contributed by atoms with Crippen LogP contribution in [0.4, 0.5) is 0 Å². The highest BCUT2D eigenvalue weighted by Crippen LogP contribution is 2.24. The summed E-state index contributed by atoms with van der Waals surface area (Å²) in [7, 11) is -4.61. The van der Waals surface area contributed by atoms with Gasteiger partial charge in [-0.25, -0.2) is 0 Å². The first kappa shape index (κ1) is 57.4. The van der Waals surface area contributed by atoms with Crippen molar-refractivity contribution in [2.24, 2.45) is 0 Å². The van der Waals surface area contributed by atoms with E-state index in [0.29, 0.717) is 12.8 Å². The van der Waals surface area contributed by atoms with Crippen LogP contribution in [0.3, 0.4) is 0 Å². The molecule has 2 unspecified atom stereocenters. The predicted octanol–water partition coefficient (Wildman–Crippen LogP) is 10.1. The van der Waals surface area contributed by atoms with E-state index in [1.807, 2.05) is 6.08 Å². The summed E-state index contributed by atoms with van der Waals surface area (Å²) in [5, 5.41) is 30.9. The monoisotopic (exact) mass is 897 g/mol. The molecule has 62 heavy (non-hydrogen) atoms. The van der Waals surface area contributed by atoms with Gasteiger partial charge in [-0.05, 0) is 70.6 Å². The topological polar surface area (TPSA) is 186 Å². The van der Waals surface area contributed by atoms with Gasteiger partial charge in [-0.15, -0.1) is 6.58 Å². The van der Waals surface area contributed by atoms with Crippen LogP contribution in [0.1, 0.15) is 180 Å². The van der Waals surface area contributed by atoms with E-state index in [4.69, 9.17) is 18.9 Å². The van der Waals surface area contributed by atoms with Crippen molar-refractivity contribution in [2.75, 3.05) is 19.0 Å². The molecule has 0 bridgehead atoms. The Hall–Kier alpha value is -2.65. The van der Waals surface area contributed by atoms with E-state index in [9.17, 15) is 37.9 Å². The third-order valence-corrected chi connectivity index (χ3v) is 11.5. The Labute approximate surface area is 375 Å². The van der Waals surface area contributed by atoms with Crippen molar-refractivity contribution in [1.29, 1.82) is 0 Å². The van der Waals surface area contributed by atoms with Crippen LogP contribution in [0.2, 0.25) is 0 Å². The molecule has 0 amide bonds. The SMILES string of the molecule is C=CCCCCCCCCCCCCCCCC(=O)OC[C@H](CO[C@H]1O[C@H](CS(=O)(=O)O)[C@@H](O)C(O)C1O)OC(=O)CCCCC/C=C/C/C=C/C/C=C/C/C=C/CCCCC. The second kappa shape index (κ2) is 38.8. The Morgan fingerprint density at radius 1 is 0.597 bits per heavy atom. The summed E-state index contributed by atoms with van der Waals surface area (Å²) in [6, 6.07) is 0. The minimum atomic E-state index is -4.61. The maximum absolute atomic E-state index is 12.8. The number of hydrogen-bond donors (Lipinski definition) is 4. The van der Waals surface area contributed by atoms with Crippen molar-refractivity contribution >= 4 is 22.1 Å². The fourth-order valence-electron chi connectivity index (χ4n) is 6.99. The van der Waals surface area contributed by atoms with Crippen LogP contribution < -0.4 is 0 Å². The third-order valence-electron chi connectivity index (χ3n) is 10.7. The molecule has 0 radical (unpaired) electrons. The van der Waals surface area contributed by atoms with Gasteiger partial charge >= 0.3 is 11.9 Å². The Kier molecular flexibility index (Phi) is 35.9. The quantitative estimate of drug-likeness (QED) is 0.0198. The van der Waals surface area contributed by atoms with E-state index in [0.717, 1.165) is 70.6 Å². The molecule has 0 aromatic carbocycles. The highest BCUT2D eigenvalue weighted by atomic mass is 32.2. The maximum Gasteiger partial charge on any atom is 0.306 e. The molecule has 0 saturated carbocycles. The molecule has 1 aliphatic rings. The molecule has 13 heteroatoms. The number of unbranched alkanes of at least 4 members (excludes halogenated alkanes) is 19. The number of aliphatic hydroxyl groups is 3. The van der Waals surface area contributed by atoms with Gasteiger partial charge in [-0.3, -0.25) is 14.1 Å². The molecule has 1 fully saturated rings. The molecule has 1 rings (SSSR count). The van der Waals surface area contributed by atoms with Gasteiger partial charge in [0.05, 0.1) is 6.61 Å². The lowest BCUT2D eigenvalue weighted by molar-refractivity contribution is -0.297. The molecule has 6 atom stereocenters. The Morgan fingerprint density at radius 3 is 1.56 bits per heavy atom. The largest absolute Gasteiger partial charge is 0.462 e. The molecule has 1 heterocycles. The van der Waals surface area contributed by atoms with Crippen molar-refractivity contribution in [3.05, 3.63) is 61.3 Å². The molecule has 0 aromatic heterocycles. The van der Waals surface area contributed by atoms with Gasteiger partial charge in [-0.2, -0.15) is 8.42 Å². The molecule has 4 N–H and O–H groups in total. The number of carbonyl (C=O) groups excluding carboxylic acids is 2. The Bertz CT molecular complexity index is 1360. The molecular formula is C49H84O12S. The van der Waals surface area contributed by atoms with E-state index in [-0.39, 0.29) is 19.4 Å². The first-order chi connectivity index (χ1) is 30.0. The lowest BCUT2D eigenvalue weighted by atomic mass is 10.00. The second-order valence-electron chi connectivity index (χ2n) is 16.5. The summed E-state index contributed by atoms with van der Waals surface area (Å²) >= 11 is 0. The second-order valence-corrected chi connectivity index (χ2v) is 18.0. The molecule has 1 aliphatic heterocycles. The maximum atomic E-state index is 12.8. The molecule has 0 spiro atoms. The van der Waals surface area contributed by atoms with Crippen LogP contribution in [0.15, 0.2) is 61.3 Å². The summed E-state index contributed by atoms with van der Waals surface area (Å²) < 4.78 is 54.1. The van der Waals surface area contributed by atoms with Gasteiger partial charge in [0.25, 0.3) is 10.1 Å². The average molecular weight is 897 g/mol. The van der Waals surface area contributed by atoms with Gasteiger partial charge < -0.3 is 34.3 Å². The predicted molar refractivity (Wildman–Crippen MR) is 247 cm³/mol. The first-order valence-electron chi connectivity index (χ1n) is 23.8. The number of ether oxygens (including phenoxy) is 4. The summed E-state index contributed by atoms with van der Waals surface area (Å²) in [5.74, 6) is -2.03. The number of aliphatic hydroxyl groups excluding tert-OH is 3. The Balaban J connectivity index is 2.45. The standard InChI is InChI=1S/C49H84O12S/c1-3-5-7-9-11-13-15-17-19-20-21-22-24-26-28-30-32-34-36-38-45(51)60-42(40-59-49-48(54)47(53)46(52)43(61-49)41-62(55,56)57)39-58-44(50)37-35-33-31-29-27-25-23-18-16-14-12-10-8-6-4-2/h4,11,13,17,19,21-22,26,28,42-43,46-49,52-54H,2-3,5-10,12,14-16,18,20,23-25,27,29-41H2,1H3,(H,55,56,57)/b13-11+,19-17+,22-21+,28-26+/t42-,43-,46-,47?,48?,49+/m1/s1. The number of allylic oxidation sites excluding steroid dienone is 9. The van der Waals surface area contributed by atoms with Gasteiger partial charge in [-0.1, -0.05) is 151 Å². The van der Waals surface area contributed by atoms with Crippen LogP contribution >= 0.6 is 0 Å². The molecule has 0 aliphatic carbocycles. The van der Waals surface area contributed by atoms with Gasteiger partial charge in [0.1, 0.15) is 36.8 Å². The molecule has 0 aromatic rings. The normalized spacial score (nSPS) is 20.2. The van der Waals surface area contributed by atoms with E-state index >= 15 is 0 Å². The van der Waals surface area contributed by atoms with Crippen LogP contribution in [0, 0.1) is 0 Å². The van der Waals surface area contributed by atoms with E-state index in [2.05, 4.69) is 62.1 Å². The zero-order valence-corrected chi connectivity index (χ0v) is 38.9. The van der Waals surface area contributed by atoms with Crippen molar-refractivity contribution in [3.8, 4) is 0 Å². The van der Waals surface area contributed by atoms with Crippen molar-refractivity contribution in [3.63, 3.8) is 0 Å². The van der Waals surface area contributed by atoms with E-state index in [1.54, 1.807) is 0 Å². The fraction of sp³-hybridized carbons (Fsp3) is 0.755. The van der Waals surface area contributed by atoms with Crippen LogP contribution in [-0.2, 0) is 38.7 Å². The lowest BCUT2D eigenvalue weighted by Crippen LogP contribution is -2.60. The number of rotatable bonds is 40. The minimum Gasteiger partial charge on any atom is -0.462 e. The zero-order valence-electron chi connectivity index (χ0n) is 38.0. The van der Waals surface area contributed by atoms with Crippen LogP contribution in [-0.4, -0.2) is 96.0 Å². The van der Waals surface area contributed by atoms with Crippen molar-refractivity contribution in [2.45, 2.75) is 217 Å². The van der Waals surface area contributed by atoms with Crippen molar-refractivity contribution in [1.82, 2.24) is 0 Å². The number of hydrogen-bond acceptors (Lipinski definition) is 11. The van der Waals surface area contributed by atoms with Gasteiger partial charge in [0.2, 0.25) is 0 Å². The number of carbonyl (C=O) groups is 2. The lowest BCUT2D eigenvalue weighted by Gasteiger charge is -2.40. The van der Waals surface area contributed by atoms with E-state index < -0.39 is 71.2 Å². The van der Waals surface area contributed by atoms with Crippen molar-refractivity contribution < 1.29 is 56.8 Å². The zero-order chi connectivity index (χ0) is 45.5. The minimum absolute atomic E-state index is 0.124. The molecular weight excluding hydrogens is 813 g/mol. The molecule has 1 saturated heterocycles.